The van der Waals surface area contributed by atoms with Crippen LogP contribution >= 0.6 is 0 Å². The van der Waals surface area contributed by atoms with E-state index in [0.717, 1.165) is 17.7 Å². The van der Waals surface area contributed by atoms with E-state index in [-0.39, 0.29) is 30.5 Å². The Morgan fingerprint density at radius 2 is 1.72 bits per heavy atom. The quantitative estimate of drug-likeness (QED) is 0.379. The van der Waals surface area contributed by atoms with E-state index in [1.54, 1.807) is 0 Å². The van der Waals surface area contributed by atoms with Crippen molar-refractivity contribution in [3.8, 4) is 11.5 Å². The summed E-state index contributed by atoms with van der Waals surface area (Å²) in [6.07, 6.45) is 1.09. The lowest BCUT2D eigenvalue weighted by Crippen LogP contribution is -2.39. The van der Waals surface area contributed by atoms with Gasteiger partial charge in [0.05, 0.1) is 17.6 Å². The summed E-state index contributed by atoms with van der Waals surface area (Å²) < 4.78 is 17.5. The molecule has 1 aliphatic carbocycles. The molecule has 1 unspecified atom stereocenters. The van der Waals surface area contributed by atoms with Gasteiger partial charge in [-0.3, -0.25) is 4.79 Å². The topological polar surface area (TPSA) is 73.9 Å². The SMILES string of the molecule is CC1=C(C(=O)OCCOc2ccccc2)C(c2ccccc2OC(C)C)C2=C(CC(C)(C)CC2=O)N1. The van der Waals surface area contributed by atoms with Gasteiger partial charge in [0.15, 0.2) is 5.78 Å². The number of para-hydroxylation sites is 2. The monoisotopic (exact) mass is 489 g/mol. The number of rotatable bonds is 8. The van der Waals surface area contributed by atoms with Gasteiger partial charge in [-0.1, -0.05) is 50.2 Å². The fourth-order valence-electron chi connectivity index (χ4n) is 4.99. The van der Waals surface area contributed by atoms with Crippen molar-refractivity contribution in [1.82, 2.24) is 5.32 Å². The van der Waals surface area contributed by atoms with Crippen LogP contribution in [-0.4, -0.2) is 31.1 Å². The number of esters is 1. The van der Waals surface area contributed by atoms with Crippen molar-refractivity contribution in [2.45, 2.75) is 59.5 Å². The molecule has 6 heteroatoms. The van der Waals surface area contributed by atoms with Crippen LogP contribution in [0.15, 0.2) is 77.1 Å². The third-order valence-corrected chi connectivity index (χ3v) is 6.38. The lowest BCUT2D eigenvalue weighted by atomic mass is 9.68. The second-order valence-electron chi connectivity index (χ2n) is 10.4. The van der Waals surface area contributed by atoms with Crippen molar-refractivity contribution in [2.75, 3.05) is 13.2 Å². The summed E-state index contributed by atoms with van der Waals surface area (Å²) in [6.45, 7) is 10.3. The zero-order valence-electron chi connectivity index (χ0n) is 21.7. The number of allylic oxidation sites excluding steroid dienone is 3. The van der Waals surface area contributed by atoms with Gasteiger partial charge in [-0.05, 0) is 50.8 Å². The molecule has 0 fully saturated rings. The molecule has 1 atom stereocenters. The maximum Gasteiger partial charge on any atom is 0.336 e. The summed E-state index contributed by atoms with van der Waals surface area (Å²) in [5.41, 5.74) is 3.27. The van der Waals surface area contributed by atoms with Gasteiger partial charge >= 0.3 is 5.97 Å². The minimum atomic E-state index is -0.567. The summed E-state index contributed by atoms with van der Waals surface area (Å²) in [6, 6.07) is 17.0. The molecule has 0 spiro atoms. The lowest BCUT2D eigenvalue weighted by Gasteiger charge is -2.39. The minimum absolute atomic E-state index is 0.0447. The van der Waals surface area contributed by atoms with Crippen LogP contribution in [0.1, 0.15) is 58.9 Å². The van der Waals surface area contributed by atoms with Crippen molar-refractivity contribution >= 4 is 11.8 Å². The Morgan fingerprint density at radius 3 is 2.44 bits per heavy atom. The number of Topliss-reactive ketones (excluding diaryl/α,β-unsaturated/α-hetero) is 1. The number of nitrogens with one attached hydrogen (secondary N) is 1. The maximum atomic E-state index is 13.5. The number of ether oxygens (including phenoxy) is 3. The zero-order valence-corrected chi connectivity index (χ0v) is 21.7. The van der Waals surface area contributed by atoms with Gasteiger partial charge in [0, 0.05) is 29.0 Å². The van der Waals surface area contributed by atoms with Gasteiger partial charge in [-0.2, -0.15) is 0 Å². The number of hydrogen-bond acceptors (Lipinski definition) is 6. The van der Waals surface area contributed by atoms with Gasteiger partial charge < -0.3 is 19.5 Å². The van der Waals surface area contributed by atoms with E-state index >= 15 is 0 Å². The Morgan fingerprint density at radius 1 is 1.03 bits per heavy atom. The van der Waals surface area contributed by atoms with Crippen LogP contribution in [0.3, 0.4) is 0 Å². The standard InChI is InChI=1S/C30H35NO5/c1-19(2)36-25-14-10-9-13-22(25)27-26(29(33)35-16-15-34-21-11-7-6-8-12-21)20(3)31-23-17-30(4,5)18-24(32)28(23)27/h6-14,19,27,31H,15-18H2,1-5H3. The number of carbonyl (C=O) groups excluding carboxylic acids is 2. The molecule has 0 radical (unpaired) electrons. The van der Waals surface area contributed by atoms with Crippen LogP contribution in [-0.2, 0) is 14.3 Å². The molecule has 36 heavy (non-hydrogen) atoms. The van der Waals surface area contributed by atoms with Gasteiger partial charge in [-0.25, -0.2) is 4.79 Å². The number of ketones is 1. The van der Waals surface area contributed by atoms with E-state index in [0.29, 0.717) is 34.8 Å². The summed E-state index contributed by atoms with van der Waals surface area (Å²) in [7, 11) is 0. The van der Waals surface area contributed by atoms with Crippen LogP contribution in [0.5, 0.6) is 11.5 Å². The smallest absolute Gasteiger partial charge is 0.336 e. The molecule has 2 aromatic carbocycles. The van der Waals surface area contributed by atoms with Crippen LogP contribution < -0.4 is 14.8 Å². The lowest BCUT2D eigenvalue weighted by molar-refractivity contribution is -0.140. The highest BCUT2D eigenvalue weighted by Crippen LogP contribution is 2.48. The summed E-state index contributed by atoms with van der Waals surface area (Å²) >= 11 is 0. The van der Waals surface area contributed by atoms with Crippen molar-refractivity contribution in [3.05, 3.63) is 82.7 Å². The fourth-order valence-corrected chi connectivity index (χ4v) is 4.99. The van der Waals surface area contributed by atoms with Crippen molar-refractivity contribution in [2.24, 2.45) is 5.41 Å². The zero-order chi connectivity index (χ0) is 25.9. The number of hydrogen-bond donors (Lipinski definition) is 1. The molecule has 2 aromatic rings. The third kappa shape index (κ3) is 5.64. The van der Waals surface area contributed by atoms with Gasteiger partial charge in [-0.15, -0.1) is 0 Å². The van der Waals surface area contributed by atoms with Crippen molar-refractivity contribution in [1.29, 1.82) is 0 Å². The molecule has 0 saturated carbocycles. The molecule has 0 bridgehead atoms. The highest BCUT2D eigenvalue weighted by molar-refractivity contribution is 6.04. The van der Waals surface area contributed by atoms with Crippen molar-refractivity contribution in [3.63, 3.8) is 0 Å². The Bertz CT molecular complexity index is 1190. The first kappa shape index (κ1) is 25.5. The molecule has 6 nitrogen and oxygen atoms in total. The molecule has 1 N–H and O–H groups in total. The predicted molar refractivity (Wildman–Crippen MR) is 139 cm³/mol. The average molecular weight is 490 g/mol. The Hall–Kier alpha value is -3.54. The maximum absolute atomic E-state index is 13.5. The number of dihydropyridines is 1. The predicted octanol–water partition coefficient (Wildman–Crippen LogP) is 5.70. The van der Waals surface area contributed by atoms with Crippen LogP contribution in [0.4, 0.5) is 0 Å². The summed E-state index contributed by atoms with van der Waals surface area (Å²) in [5.74, 6) is 0.386. The first-order valence-electron chi connectivity index (χ1n) is 12.5. The molecule has 4 rings (SSSR count). The highest BCUT2D eigenvalue weighted by atomic mass is 16.6. The number of carbonyl (C=O) groups is 2. The second kappa shape index (κ2) is 10.6. The fraction of sp³-hybridized carbons (Fsp3) is 0.400. The van der Waals surface area contributed by atoms with E-state index < -0.39 is 11.9 Å². The summed E-state index contributed by atoms with van der Waals surface area (Å²) in [5, 5.41) is 3.38. The van der Waals surface area contributed by atoms with E-state index in [9.17, 15) is 9.59 Å². The molecular weight excluding hydrogens is 454 g/mol. The van der Waals surface area contributed by atoms with Crippen LogP contribution in [0, 0.1) is 5.41 Å². The first-order chi connectivity index (χ1) is 17.2. The van der Waals surface area contributed by atoms with Crippen molar-refractivity contribution < 1.29 is 23.8 Å². The largest absolute Gasteiger partial charge is 0.491 e. The van der Waals surface area contributed by atoms with E-state index in [1.807, 2.05) is 75.4 Å². The molecule has 1 aliphatic heterocycles. The summed E-state index contributed by atoms with van der Waals surface area (Å²) in [4.78, 5) is 27.0. The Labute approximate surface area is 213 Å². The molecular formula is C30H35NO5. The third-order valence-electron chi connectivity index (χ3n) is 6.38. The first-order valence-corrected chi connectivity index (χ1v) is 12.5. The molecule has 190 valence electrons. The van der Waals surface area contributed by atoms with E-state index in [4.69, 9.17) is 14.2 Å². The van der Waals surface area contributed by atoms with Gasteiger partial charge in [0.2, 0.25) is 0 Å². The Kier molecular flexibility index (Phi) is 7.53. The van der Waals surface area contributed by atoms with Gasteiger partial charge in [0.1, 0.15) is 24.7 Å². The van der Waals surface area contributed by atoms with E-state index in [1.165, 1.54) is 0 Å². The highest BCUT2D eigenvalue weighted by Gasteiger charge is 2.44. The Balaban J connectivity index is 1.66. The minimum Gasteiger partial charge on any atom is -0.491 e. The second-order valence-corrected chi connectivity index (χ2v) is 10.4. The molecule has 2 aliphatic rings. The van der Waals surface area contributed by atoms with E-state index in [2.05, 4.69) is 19.2 Å². The molecule has 0 aromatic heterocycles. The molecule has 0 amide bonds. The van der Waals surface area contributed by atoms with Crippen LogP contribution in [0.25, 0.3) is 0 Å². The average Bonchev–Trinajstić information content (AvgIpc) is 2.80. The normalized spacial score (nSPS) is 19.1. The number of benzene rings is 2. The molecule has 1 heterocycles. The molecule has 0 saturated heterocycles. The van der Waals surface area contributed by atoms with Crippen LogP contribution in [0.2, 0.25) is 0 Å². The van der Waals surface area contributed by atoms with Gasteiger partial charge in [0.25, 0.3) is 0 Å².